The second kappa shape index (κ2) is 7.33. The van der Waals surface area contributed by atoms with E-state index in [9.17, 15) is 0 Å². The molecule has 0 spiro atoms. The van der Waals surface area contributed by atoms with Crippen LogP contribution < -0.4 is 14.8 Å². The summed E-state index contributed by atoms with van der Waals surface area (Å²) in [5, 5.41) is 7.96. The Kier molecular flexibility index (Phi) is 4.57. The van der Waals surface area contributed by atoms with Crippen LogP contribution in [0.3, 0.4) is 0 Å². The summed E-state index contributed by atoms with van der Waals surface area (Å²) < 4.78 is 12.5. The van der Waals surface area contributed by atoms with E-state index in [0.717, 1.165) is 28.4 Å². The lowest BCUT2D eigenvalue weighted by atomic mass is 10.1. The first kappa shape index (κ1) is 16.8. The fraction of sp³-hybridized carbons (Fsp3) is 0.150. The van der Waals surface area contributed by atoms with Gasteiger partial charge in [-0.2, -0.15) is 0 Å². The largest absolute Gasteiger partial charge is 0.493 e. The van der Waals surface area contributed by atoms with Crippen molar-refractivity contribution in [1.29, 1.82) is 0 Å². The third kappa shape index (κ3) is 3.39. The summed E-state index contributed by atoms with van der Waals surface area (Å²) in [7, 11) is 3.24. The molecule has 0 aliphatic carbocycles. The van der Waals surface area contributed by atoms with Crippen LogP contribution >= 0.6 is 0 Å². The van der Waals surface area contributed by atoms with Gasteiger partial charge in [-0.05, 0) is 42.5 Å². The molecule has 27 heavy (non-hydrogen) atoms. The van der Waals surface area contributed by atoms with Crippen LogP contribution in [0.25, 0.3) is 16.9 Å². The number of ether oxygens (including phenoxy) is 2. The van der Waals surface area contributed by atoms with Gasteiger partial charge in [0.05, 0.1) is 38.3 Å². The van der Waals surface area contributed by atoms with Gasteiger partial charge in [0.15, 0.2) is 17.1 Å². The number of fused-ring (bicyclic) bond motifs is 1. The second-order valence-electron chi connectivity index (χ2n) is 5.88. The van der Waals surface area contributed by atoms with Crippen LogP contribution in [0.5, 0.6) is 11.5 Å². The molecule has 4 rings (SSSR count). The Hall–Kier alpha value is -3.61. The van der Waals surface area contributed by atoms with Gasteiger partial charge >= 0.3 is 0 Å². The third-order valence-corrected chi connectivity index (χ3v) is 4.22. The molecule has 0 fully saturated rings. The number of anilines is 1. The summed E-state index contributed by atoms with van der Waals surface area (Å²) in [4.78, 5) is 8.75. The minimum absolute atomic E-state index is 0.597. The van der Waals surface area contributed by atoms with Crippen LogP contribution in [0, 0.1) is 0 Å². The van der Waals surface area contributed by atoms with Gasteiger partial charge in [-0.1, -0.05) is 6.07 Å². The third-order valence-electron chi connectivity index (χ3n) is 4.22. The predicted octanol–water partition coefficient (Wildman–Crippen LogP) is 3.42. The molecular formula is C20H19N5O2. The average molecular weight is 361 g/mol. The van der Waals surface area contributed by atoms with Gasteiger partial charge in [0.2, 0.25) is 0 Å². The standard InChI is InChI=1S/C20H19N5O2/c1-26-17-7-6-14(11-18(17)27-2)16-13-23-20-9-8-19(24-25(16)20)22-12-15-5-3-4-10-21-15/h3-11,13H,12H2,1-2H3,(H,22,24). The van der Waals surface area contributed by atoms with Crippen molar-refractivity contribution in [2.24, 2.45) is 0 Å². The van der Waals surface area contributed by atoms with Crippen molar-refractivity contribution in [3.63, 3.8) is 0 Å². The van der Waals surface area contributed by atoms with Gasteiger partial charge < -0.3 is 14.8 Å². The van der Waals surface area contributed by atoms with Crippen molar-refractivity contribution in [1.82, 2.24) is 19.6 Å². The van der Waals surface area contributed by atoms with Crippen molar-refractivity contribution in [2.45, 2.75) is 6.54 Å². The maximum absolute atomic E-state index is 5.40. The normalized spacial score (nSPS) is 10.7. The summed E-state index contributed by atoms with van der Waals surface area (Å²) >= 11 is 0. The number of aromatic nitrogens is 4. The number of hydrogen-bond acceptors (Lipinski definition) is 6. The highest BCUT2D eigenvalue weighted by Crippen LogP contribution is 2.32. The van der Waals surface area contributed by atoms with E-state index in [-0.39, 0.29) is 0 Å². The van der Waals surface area contributed by atoms with Gasteiger partial charge in [-0.15, -0.1) is 5.10 Å². The van der Waals surface area contributed by atoms with E-state index in [1.807, 2.05) is 53.0 Å². The van der Waals surface area contributed by atoms with E-state index in [1.54, 1.807) is 26.6 Å². The van der Waals surface area contributed by atoms with Gasteiger partial charge in [-0.3, -0.25) is 4.98 Å². The quantitative estimate of drug-likeness (QED) is 0.567. The van der Waals surface area contributed by atoms with Crippen LogP contribution in [-0.4, -0.2) is 33.8 Å². The average Bonchev–Trinajstić information content (AvgIpc) is 3.15. The molecule has 7 heteroatoms. The molecule has 0 aliphatic heterocycles. The maximum Gasteiger partial charge on any atom is 0.161 e. The summed E-state index contributed by atoms with van der Waals surface area (Å²) in [5.41, 5.74) is 3.52. The van der Waals surface area contributed by atoms with Crippen LogP contribution in [0.2, 0.25) is 0 Å². The SMILES string of the molecule is COc1ccc(-c2cnc3ccc(NCc4ccccn4)nn23)cc1OC. The second-order valence-corrected chi connectivity index (χ2v) is 5.88. The molecule has 136 valence electrons. The van der Waals surface area contributed by atoms with E-state index < -0.39 is 0 Å². The van der Waals surface area contributed by atoms with E-state index in [1.165, 1.54) is 0 Å². The number of pyridine rings is 1. The predicted molar refractivity (Wildman–Crippen MR) is 103 cm³/mol. The Morgan fingerprint density at radius 1 is 0.963 bits per heavy atom. The Bertz CT molecular complexity index is 1060. The Morgan fingerprint density at radius 3 is 2.63 bits per heavy atom. The van der Waals surface area contributed by atoms with Crippen LogP contribution in [-0.2, 0) is 6.54 Å². The zero-order chi connectivity index (χ0) is 18.6. The zero-order valence-corrected chi connectivity index (χ0v) is 15.1. The Morgan fingerprint density at radius 2 is 1.85 bits per heavy atom. The number of benzene rings is 1. The number of nitrogens with one attached hydrogen (secondary N) is 1. The van der Waals surface area contributed by atoms with Crippen LogP contribution in [0.1, 0.15) is 5.69 Å². The highest BCUT2D eigenvalue weighted by atomic mass is 16.5. The maximum atomic E-state index is 5.40. The molecule has 1 aromatic carbocycles. The topological polar surface area (TPSA) is 73.6 Å². The summed E-state index contributed by atoms with van der Waals surface area (Å²) in [6.45, 7) is 0.597. The first-order valence-corrected chi connectivity index (χ1v) is 8.49. The van der Waals surface area contributed by atoms with E-state index in [4.69, 9.17) is 9.47 Å². The van der Waals surface area contributed by atoms with Crippen LogP contribution in [0.4, 0.5) is 5.82 Å². The minimum atomic E-state index is 0.597. The number of imidazole rings is 1. The van der Waals surface area contributed by atoms with Crippen molar-refractivity contribution in [2.75, 3.05) is 19.5 Å². The molecule has 4 aromatic rings. The van der Waals surface area contributed by atoms with E-state index in [0.29, 0.717) is 18.0 Å². The molecule has 0 saturated carbocycles. The molecule has 0 atom stereocenters. The summed E-state index contributed by atoms with van der Waals surface area (Å²) in [6.07, 6.45) is 3.57. The first-order valence-electron chi connectivity index (χ1n) is 8.49. The molecule has 0 amide bonds. The van der Waals surface area contributed by atoms with Crippen molar-refractivity contribution in [3.8, 4) is 22.8 Å². The minimum Gasteiger partial charge on any atom is -0.493 e. The van der Waals surface area contributed by atoms with Gasteiger partial charge in [-0.25, -0.2) is 9.50 Å². The molecular weight excluding hydrogens is 342 g/mol. The number of rotatable bonds is 6. The fourth-order valence-corrected chi connectivity index (χ4v) is 2.84. The molecule has 0 radical (unpaired) electrons. The Labute approximate surface area is 156 Å². The fourth-order valence-electron chi connectivity index (χ4n) is 2.84. The zero-order valence-electron chi connectivity index (χ0n) is 15.1. The molecule has 7 nitrogen and oxygen atoms in total. The Balaban J connectivity index is 1.66. The van der Waals surface area contributed by atoms with Gasteiger partial charge in [0, 0.05) is 11.8 Å². The van der Waals surface area contributed by atoms with Crippen molar-refractivity contribution >= 4 is 11.5 Å². The smallest absolute Gasteiger partial charge is 0.161 e. The molecule has 1 N–H and O–H groups in total. The molecule has 0 bridgehead atoms. The van der Waals surface area contributed by atoms with Gasteiger partial charge in [0.25, 0.3) is 0 Å². The van der Waals surface area contributed by atoms with Crippen LogP contribution in [0.15, 0.2) is 60.9 Å². The monoisotopic (exact) mass is 361 g/mol. The summed E-state index contributed by atoms with van der Waals surface area (Å²) in [6, 6.07) is 15.4. The highest BCUT2D eigenvalue weighted by molar-refractivity contribution is 5.67. The van der Waals surface area contributed by atoms with Gasteiger partial charge in [0.1, 0.15) is 5.82 Å². The van der Waals surface area contributed by atoms with Crippen molar-refractivity contribution in [3.05, 3.63) is 66.6 Å². The molecule has 3 aromatic heterocycles. The molecule has 0 saturated heterocycles. The number of hydrogen-bond donors (Lipinski definition) is 1. The lowest BCUT2D eigenvalue weighted by Crippen LogP contribution is -2.05. The molecule has 3 heterocycles. The summed E-state index contributed by atoms with van der Waals surface area (Å²) in [5.74, 6) is 2.09. The first-order chi connectivity index (χ1) is 13.3. The van der Waals surface area contributed by atoms with Crippen molar-refractivity contribution < 1.29 is 9.47 Å². The number of nitrogens with zero attached hydrogens (tertiary/aromatic N) is 4. The molecule has 0 aliphatic rings. The molecule has 0 unspecified atom stereocenters. The van der Waals surface area contributed by atoms with E-state index in [2.05, 4.69) is 20.4 Å². The highest BCUT2D eigenvalue weighted by Gasteiger charge is 2.11. The van der Waals surface area contributed by atoms with E-state index >= 15 is 0 Å². The number of methoxy groups -OCH3 is 2. The lowest BCUT2D eigenvalue weighted by Gasteiger charge is -2.10. The lowest BCUT2D eigenvalue weighted by molar-refractivity contribution is 0.355.